The zero-order chi connectivity index (χ0) is 16.3. The second-order valence-corrected chi connectivity index (χ2v) is 4.85. The molecule has 23 heavy (non-hydrogen) atoms. The van der Waals surface area contributed by atoms with Crippen molar-refractivity contribution in [2.45, 2.75) is 0 Å². The first kappa shape index (κ1) is 18.9. The average molecular weight is 377 g/mol. The Balaban J connectivity index is 0.000000390. The van der Waals surface area contributed by atoms with Crippen LogP contribution < -0.4 is 0 Å². The molecule has 0 spiro atoms. The zero-order valence-electron chi connectivity index (χ0n) is 11.1. The molecule has 0 saturated heterocycles. The van der Waals surface area contributed by atoms with Crippen molar-refractivity contribution in [3.05, 3.63) is 52.8 Å². The molecule has 0 bridgehead atoms. The smallest absolute Gasteiger partial charge is 0.759 e. The average Bonchev–Trinajstić information content (AvgIpc) is 2.44. The number of rotatable bonds is 1. The minimum Gasteiger partial charge on any atom is -0.759 e. The van der Waals surface area contributed by atoms with Gasteiger partial charge in [-0.05, 0) is 18.2 Å². The molecule has 2 heterocycles. The maximum Gasteiger partial charge on any atom is 2.00 e. The van der Waals surface area contributed by atoms with Crippen molar-refractivity contribution >= 4 is 37.9 Å². The number of aromatic nitrogens is 2. The molecule has 11 heteroatoms. The van der Waals surface area contributed by atoms with Crippen LogP contribution in [0.1, 0.15) is 0 Å². The fourth-order valence-electron chi connectivity index (χ4n) is 1.91. The summed E-state index contributed by atoms with van der Waals surface area (Å²) in [7, 11) is -5.17. The third kappa shape index (κ3) is 4.91. The maximum atomic E-state index is 11.0. The van der Waals surface area contributed by atoms with E-state index in [1.807, 2.05) is 0 Å². The Morgan fingerprint density at radius 3 is 2.09 bits per heavy atom. The number of fused-ring (bicyclic) bond motifs is 3. The van der Waals surface area contributed by atoms with Gasteiger partial charge in [-0.15, -0.1) is 0 Å². The largest absolute Gasteiger partial charge is 2.00 e. The molecule has 0 atom stereocenters. The third-order valence-electron chi connectivity index (χ3n) is 2.64. The summed E-state index contributed by atoms with van der Waals surface area (Å²) in [5.74, 6) is 0. The summed E-state index contributed by atoms with van der Waals surface area (Å²) in [6.45, 7) is 0. The predicted molar refractivity (Wildman–Crippen MR) is 74.2 cm³/mol. The molecule has 0 saturated carbocycles. The van der Waals surface area contributed by atoms with Crippen LogP contribution in [0.3, 0.4) is 0 Å². The van der Waals surface area contributed by atoms with Crippen molar-refractivity contribution in [1.29, 1.82) is 0 Å². The Morgan fingerprint density at radius 2 is 1.52 bits per heavy atom. The number of hydrogen-bond acceptors (Lipinski definition) is 8. The fourth-order valence-corrected chi connectivity index (χ4v) is 1.91. The van der Waals surface area contributed by atoms with Crippen LogP contribution in [0, 0.1) is 10.1 Å². The molecule has 0 aliphatic rings. The Bertz CT molecular complexity index is 955. The number of nitrogens with zero attached hydrogens (tertiary/aromatic N) is 3. The van der Waals surface area contributed by atoms with E-state index in [-0.39, 0.29) is 22.8 Å². The molecule has 0 unspecified atom stereocenters. The summed E-state index contributed by atoms with van der Waals surface area (Å²) < 4.78 is 34.1. The summed E-state index contributed by atoms with van der Waals surface area (Å²) in [5.41, 5.74) is 1.32. The minimum atomic E-state index is -5.17. The Hall–Kier alpha value is -2.17. The van der Waals surface area contributed by atoms with E-state index >= 15 is 0 Å². The Labute approximate surface area is 140 Å². The van der Waals surface area contributed by atoms with E-state index in [2.05, 4.69) is 9.97 Å². The van der Waals surface area contributed by atoms with Gasteiger partial charge < -0.3 is 9.11 Å². The van der Waals surface area contributed by atoms with Gasteiger partial charge in [0, 0.05) is 34.2 Å². The summed E-state index contributed by atoms with van der Waals surface area (Å²) in [6, 6.07) is 8.45. The molecule has 3 aromatic rings. The number of non-ortho nitro benzene ring substituents is 1. The van der Waals surface area contributed by atoms with E-state index in [0.29, 0.717) is 16.4 Å². The summed E-state index contributed by atoms with van der Waals surface area (Å²) in [6.07, 6.45) is 3.27. The van der Waals surface area contributed by atoms with Crippen molar-refractivity contribution in [1.82, 2.24) is 9.97 Å². The van der Waals surface area contributed by atoms with Gasteiger partial charge in [-0.3, -0.25) is 28.5 Å². The molecular formula is C12H7FeN3O6S. The molecule has 120 valence electrons. The van der Waals surface area contributed by atoms with Gasteiger partial charge in [0.1, 0.15) is 5.52 Å². The standard InChI is InChI=1S/C12H7N3O2.Fe.H2O4S/c16-15(17)10-7-8-3-1-5-13-11(8)12-9(10)4-2-6-14-12;;1-5(2,3)4/h1-7H;;(H2,1,2,3,4)/q;+2;/p-2. The van der Waals surface area contributed by atoms with Gasteiger partial charge in [-0.1, -0.05) is 6.07 Å². The van der Waals surface area contributed by atoms with Crippen LogP contribution in [-0.2, 0) is 27.5 Å². The van der Waals surface area contributed by atoms with E-state index in [1.54, 1.807) is 36.7 Å². The van der Waals surface area contributed by atoms with Crippen molar-refractivity contribution in [3.8, 4) is 0 Å². The summed E-state index contributed by atoms with van der Waals surface area (Å²) in [5, 5.41) is 12.3. The number of pyridine rings is 2. The van der Waals surface area contributed by atoms with E-state index in [9.17, 15) is 10.1 Å². The minimum absolute atomic E-state index is 0. The van der Waals surface area contributed by atoms with Crippen LogP contribution >= 0.6 is 0 Å². The van der Waals surface area contributed by atoms with Crippen molar-refractivity contribution < 1.29 is 39.5 Å². The second-order valence-electron chi connectivity index (χ2n) is 4.04. The van der Waals surface area contributed by atoms with Crippen LogP contribution in [0.4, 0.5) is 5.69 Å². The maximum absolute atomic E-state index is 11.0. The normalized spacial score (nSPS) is 10.5. The quantitative estimate of drug-likeness (QED) is 0.154. The van der Waals surface area contributed by atoms with Gasteiger partial charge in [0.2, 0.25) is 0 Å². The molecule has 0 radical (unpaired) electrons. The molecule has 3 rings (SSSR count). The molecule has 0 fully saturated rings. The molecular weight excluding hydrogens is 370 g/mol. The van der Waals surface area contributed by atoms with Gasteiger partial charge in [0.25, 0.3) is 5.69 Å². The number of hydrogen-bond donors (Lipinski definition) is 0. The number of benzene rings is 1. The van der Waals surface area contributed by atoms with Gasteiger partial charge in [-0.2, -0.15) is 0 Å². The molecule has 0 N–H and O–H groups in total. The molecule has 0 aliphatic carbocycles. The first-order valence-electron chi connectivity index (χ1n) is 5.71. The summed E-state index contributed by atoms with van der Waals surface area (Å²) in [4.78, 5) is 19.0. The second kappa shape index (κ2) is 7.40. The molecule has 0 aliphatic heterocycles. The Kier molecular flexibility index (Phi) is 6.07. The van der Waals surface area contributed by atoms with Gasteiger partial charge in [0.05, 0.1) is 15.8 Å². The summed E-state index contributed by atoms with van der Waals surface area (Å²) >= 11 is 0. The fraction of sp³-hybridized carbons (Fsp3) is 0. The number of nitro groups is 1. The zero-order valence-corrected chi connectivity index (χ0v) is 13.0. The SMILES string of the molecule is O=S(=O)([O-])[O-].O=[N+]([O-])c1cc2cccnc2c2ncccc12.[Fe+2]. The topological polar surface area (TPSA) is 149 Å². The Morgan fingerprint density at radius 1 is 1.00 bits per heavy atom. The van der Waals surface area contributed by atoms with E-state index < -0.39 is 15.3 Å². The number of nitro benzene ring substituents is 1. The van der Waals surface area contributed by atoms with Gasteiger partial charge >= 0.3 is 17.1 Å². The van der Waals surface area contributed by atoms with E-state index in [1.165, 1.54) is 6.07 Å². The van der Waals surface area contributed by atoms with Crippen molar-refractivity contribution in [2.75, 3.05) is 0 Å². The third-order valence-corrected chi connectivity index (χ3v) is 2.64. The van der Waals surface area contributed by atoms with E-state index in [0.717, 1.165) is 5.39 Å². The molecule has 0 amide bonds. The van der Waals surface area contributed by atoms with Crippen LogP contribution in [0.25, 0.3) is 21.8 Å². The first-order valence-corrected chi connectivity index (χ1v) is 7.04. The van der Waals surface area contributed by atoms with Crippen LogP contribution in [-0.4, -0.2) is 32.4 Å². The van der Waals surface area contributed by atoms with Crippen molar-refractivity contribution in [3.63, 3.8) is 0 Å². The monoisotopic (exact) mass is 377 g/mol. The van der Waals surface area contributed by atoms with Crippen LogP contribution in [0.2, 0.25) is 0 Å². The van der Waals surface area contributed by atoms with Crippen molar-refractivity contribution in [2.24, 2.45) is 0 Å². The van der Waals surface area contributed by atoms with Crippen LogP contribution in [0.5, 0.6) is 0 Å². The predicted octanol–water partition coefficient (Wildman–Crippen LogP) is 1.35. The van der Waals surface area contributed by atoms with Gasteiger partial charge in [0.15, 0.2) is 0 Å². The molecule has 1 aromatic carbocycles. The first-order chi connectivity index (χ1) is 10.3. The molecule has 9 nitrogen and oxygen atoms in total. The van der Waals surface area contributed by atoms with Crippen LogP contribution in [0.15, 0.2) is 42.7 Å². The van der Waals surface area contributed by atoms with Gasteiger partial charge in [-0.25, -0.2) is 0 Å². The van der Waals surface area contributed by atoms with E-state index in [4.69, 9.17) is 17.5 Å². The molecule has 2 aromatic heterocycles.